The van der Waals surface area contributed by atoms with Gasteiger partial charge in [-0.2, -0.15) is 0 Å². The van der Waals surface area contributed by atoms with Crippen LogP contribution in [0.4, 0.5) is 6.01 Å². The summed E-state index contributed by atoms with van der Waals surface area (Å²) in [6, 6.07) is 0.715. The molecule has 1 aromatic rings. The van der Waals surface area contributed by atoms with Crippen molar-refractivity contribution in [3.63, 3.8) is 0 Å². The molecule has 1 N–H and O–H groups in total. The van der Waals surface area contributed by atoms with Gasteiger partial charge in [0.15, 0.2) is 0 Å². The summed E-state index contributed by atoms with van der Waals surface area (Å²) in [4.78, 5) is 0. The Hall–Kier alpha value is -0.810. The van der Waals surface area contributed by atoms with E-state index in [1.54, 1.807) is 0 Å². The molecule has 1 aromatic heterocycles. The molecule has 0 bridgehead atoms. The second-order valence-corrected chi connectivity index (χ2v) is 3.93. The van der Waals surface area contributed by atoms with Crippen LogP contribution in [-0.2, 0) is 11.2 Å². The van der Waals surface area contributed by atoms with Crippen molar-refractivity contribution < 1.29 is 9.15 Å². The second kappa shape index (κ2) is 4.81. The molecule has 6 heteroatoms. The van der Waals surface area contributed by atoms with E-state index in [-0.39, 0.29) is 12.1 Å². The molecule has 2 heterocycles. The number of anilines is 1. The van der Waals surface area contributed by atoms with Crippen LogP contribution in [-0.4, -0.2) is 34.8 Å². The van der Waals surface area contributed by atoms with Gasteiger partial charge in [-0.3, -0.25) is 0 Å². The van der Waals surface area contributed by atoms with Crippen LogP contribution in [0.3, 0.4) is 0 Å². The maximum atomic E-state index is 5.57. The predicted octanol–water partition coefficient (Wildman–Crippen LogP) is 1.44. The lowest BCUT2D eigenvalue weighted by molar-refractivity contribution is 0.121. The lowest BCUT2D eigenvalue weighted by Crippen LogP contribution is -2.26. The van der Waals surface area contributed by atoms with Crippen LogP contribution < -0.4 is 5.32 Å². The maximum absolute atomic E-state index is 5.57. The monoisotopic (exact) mass is 231 g/mol. The van der Waals surface area contributed by atoms with E-state index in [4.69, 9.17) is 20.8 Å². The third kappa shape index (κ3) is 2.60. The summed E-state index contributed by atoms with van der Waals surface area (Å²) in [7, 11) is 0. The number of aryl methyl sites for hydroxylation is 1. The van der Waals surface area contributed by atoms with Gasteiger partial charge in [-0.15, -0.1) is 16.7 Å². The van der Waals surface area contributed by atoms with Crippen molar-refractivity contribution in [1.29, 1.82) is 0 Å². The molecule has 0 saturated carbocycles. The number of rotatable bonds is 4. The highest BCUT2D eigenvalue weighted by Crippen LogP contribution is 2.18. The molecule has 2 unspecified atom stereocenters. The fraction of sp³-hybridized carbons (Fsp3) is 0.778. The lowest BCUT2D eigenvalue weighted by atomic mass is 10.2. The summed E-state index contributed by atoms with van der Waals surface area (Å²) >= 11 is 5.57. The molecule has 0 aliphatic carbocycles. The number of ether oxygens (including phenoxy) is 1. The van der Waals surface area contributed by atoms with Crippen LogP contribution in [0.5, 0.6) is 0 Å². The van der Waals surface area contributed by atoms with Crippen LogP contribution in [0, 0.1) is 0 Å². The number of hydrogen-bond donors (Lipinski definition) is 1. The fourth-order valence-electron chi connectivity index (χ4n) is 1.57. The highest BCUT2D eigenvalue weighted by molar-refractivity contribution is 6.17. The zero-order valence-corrected chi connectivity index (χ0v) is 9.33. The first kappa shape index (κ1) is 10.7. The van der Waals surface area contributed by atoms with Crippen molar-refractivity contribution in [3.05, 3.63) is 5.89 Å². The van der Waals surface area contributed by atoms with Gasteiger partial charge in [0, 0.05) is 18.9 Å². The Bertz CT molecular complexity index is 318. The molecule has 0 radical (unpaired) electrons. The maximum Gasteiger partial charge on any atom is 0.315 e. The zero-order chi connectivity index (χ0) is 10.7. The van der Waals surface area contributed by atoms with Gasteiger partial charge in [0.05, 0.1) is 12.1 Å². The van der Waals surface area contributed by atoms with Crippen molar-refractivity contribution in [2.75, 3.05) is 17.8 Å². The summed E-state index contributed by atoms with van der Waals surface area (Å²) in [6.07, 6.45) is 1.76. The van der Waals surface area contributed by atoms with Gasteiger partial charge in [-0.05, 0) is 13.3 Å². The van der Waals surface area contributed by atoms with Crippen LogP contribution in [0.15, 0.2) is 4.42 Å². The van der Waals surface area contributed by atoms with Crippen molar-refractivity contribution in [2.45, 2.75) is 31.9 Å². The molecule has 0 spiro atoms. The van der Waals surface area contributed by atoms with E-state index < -0.39 is 0 Å². The summed E-state index contributed by atoms with van der Waals surface area (Å²) < 4.78 is 10.8. The zero-order valence-electron chi connectivity index (χ0n) is 8.57. The minimum Gasteiger partial charge on any atom is -0.408 e. The average Bonchev–Trinajstić information content (AvgIpc) is 2.79. The van der Waals surface area contributed by atoms with Gasteiger partial charge in [-0.25, -0.2) is 0 Å². The average molecular weight is 232 g/mol. The van der Waals surface area contributed by atoms with Crippen LogP contribution >= 0.6 is 11.6 Å². The number of hydrogen-bond acceptors (Lipinski definition) is 5. The van der Waals surface area contributed by atoms with Crippen molar-refractivity contribution in [2.24, 2.45) is 0 Å². The van der Waals surface area contributed by atoms with Crippen LogP contribution in [0.2, 0.25) is 0 Å². The van der Waals surface area contributed by atoms with Gasteiger partial charge in [-0.1, -0.05) is 5.10 Å². The lowest BCUT2D eigenvalue weighted by Gasteiger charge is -2.13. The first-order valence-corrected chi connectivity index (χ1v) is 5.59. The molecular formula is C9H14ClN3O2. The third-order valence-corrected chi connectivity index (χ3v) is 2.65. The van der Waals surface area contributed by atoms with Gasteiger partial charge < -0.3 is 14.5 Å². The first-order chi connectivity index (χ1) is 7.29. The Kier molecular flexibility index (Phi) is 3.43. The molecule has 15 heavy (non-hydrogen) atoms. The van der Waals surface area contributed by atoms with E-state index in [0.29, 0.717) is 24.2 Å². The molecular weight excluding hydrogens is 218 g/mol. The number of aromatic nitrogens is 2. The van der Waals surface area contributed by atoms with Crippen LogP contribution in [0.25, 0.3) is 0 Å². The highest BCUT2D eigenvalue weighted by atomic mass is 35.5. The summed E-state index contributed by atoms with van der Waals surface area (Å²) in [6.45, 7) is 2.81. The minimum absolute atomic E-state index is 0.188. The van der Waals surface area contributed by atoms with Crippen LogP contribution in [0.1, 0.15) is 19.2 Å². The molecule has 0 amide bonds. The van der Waals surface area contributed by atoms with Gasteiger partial charge in [0.25, 0.3) is 0 Å². The number of halogens is 1. The molecule has 2 rings (SSSR count). The number of alkyl halides is 1. The summed E-state index contributed by atoms with van der Waals surface area (Å²) in [5, 5.41) is 10.9. The molecule has 84 valence electrons. The van der Waals surface area contributed by atoms with Gasteiger partial charge in [0.2, 0.25) is 5.89 Å². The SMILES string of the molecule is CC1OCCC1Nc1nnc(CCCl)o1. The van der Waals surface area contributed by atoms with E-state index in [9.17, 15) is 0 Å². The minimum atomic E-state index is 0.188. The smallest absolute Gasteiger partial charge is 0.315 e. The quantitative estimate of drug-likeness (QED) is 0.795. The standard InChI is InChI=1S/C9H14ClN3O2/c1-6-7(3-5-14-6)11-9-13-12-8(15-9)2-4-10/h6-7H,2-5H2,1H3,(H,11,13). The highest BCUT2D eigenvalue weighted by Gasteiger charge is 2.25. The molecule has 1 aliphatic rings. The molecule has 0 aromatic carbocycles. The molecule has 5 nitrogen and oxygen atoms in total. The largest absolute Gasteiger partial charge is 0.408 e. The number of nitrogens with zero attached hydrogens (tertiary/aromatic N) is 2. The number of nitrogens with one attached hydrogen (secondary N) is 1. The third-order valence-electron chi connectivity index (χ3n) is 2.46. The van der Waals surface area contributed by atoms with Crippen molar-refractivity contribution >= 4 is 17.6 Å². The Balaban J connectivity index is 1.92. The van der Waals surface area contributed by atoms with E-state index in [2.05, 4.69) is 15.5 Å². The normalized spacial score (nSPS) is 25.7. The first-order valence-electron chi connectivity index (χ1n) is 5.06. The predicted molar refractivity (Wildman–Crippen MR) is 56.2 cm³/mol. The molecule has 1 aliphatic heterocycles. The van der Waals surface area contributed by atoms with E-state index in [0.717, 1.165) is 13.0 Å². The molecule has 1 fully saturated rings. The second-order valence-electron chi connectivity index (χ2n) is 3.56. The van der Waals surface area contributed by atoms with E-state index >= 15 is 0 Å². The molecule has 2 atom stereocenters. The molecule has 1 saturated heterocycles. The Morgan fingerprint density at radius 1 is 1.53 bits per heavy atom. The topological polar surface area (TPSA) is 60.2 Å². The Morgan fingerprint density at radius 3 is 3.07 bits per heavy atom. The van der Waals surface area contributed by atoms with Gasteiger partial charge in [0.1, 0.15) is 0 Å². The Morgan fingerprint density at radius 2 is 2.40 bits per heavy atom. The Labute approximate surface area is 93.1 Å². The van der Waals surface area contributed by atoms with E-state index in [1.807, 2.05) is 6.92 Å². The van der Waals surface area contributed by atoms with E-state index in [1.165, 1.54) is 0 Å². The van der Waals surface area contributed by atoms with Crippen molar-refractivity contribution in [1.82, 2.24) is 10.2 Å². The van der Waals surface area contributed by atoms with Gasteiger partial charge >= 0.3 is 6.01 Å². The summed E-state index contributed by atoms with van der Waals surface area (Å²) in [5.41, 5.74) is 0. The summed E-state index contributed by atoms with van der Waals surface area (Å²) in [5.74, 6) is 1.06. The fourth-order valence-corrected chi connectivity index (χ4v) is 1.74. The van der Waals surface area contributed by atoms with Crippen molar-refractivity contribution in [3.8, 4) is 0 Å².